The lowest BCUT2D eigenvalue weighted by atomic mass is 9.95. The fraction of sp³-hybridized carbons (Fsp3) is 0.474. The highest BCUT2D eigenvalue weighted by atomic mass is 16.5. The fourth-order valence-electron chi connectivity index (χ4n) is 3.08. The molecule has 0 spiro atoms. The van der Waals surface area contributed by atoms with Gasteiger partial charge in [-0.25, -0.2) is 4.79 Å². The van der Waals surface area contributed by atoms with E-state index < -0.39 is 0 Å². The van der Waals surface area contributed by atoms with Crippen molar-refractivity contribution in [2.45, 2.75) is 38.1 Å². The molecule has 0 N–H and O–H groups in total. The van der Waals surface area contributed by atoms with E-state index in [0.29, 0.717) is 11.7 Å². The highest BCUT2D eigenvalue weighted by Crippen LogP contribution is 2.23. The minimum atomic E-state index is -0.0171. The maximum absolute atomic E-state index is 12.7. The number of amides is 2. The molecule has 0 heterocycles. The normalized spacial score (nSPS) is 15.7. The largest absolute Gasteiger partial charge is 0.497 e. The van der Waals surface area contributed by atoms with Gasteiger partial charge in [0.25, 0.3) is 0 Å². The van der Waals surface area contributed by atoms with Crippen LogP contribution in [0.1, 0.15) is 37.7 Å². The van der Waals surface area contributed by atoms with Crippen LogP contribution >= 0.6 is 0 Å². The average molecular weight is 329 g/mol. The molecule has 0 aliphatic heterocycles. The number of methoxy groups -OCH3 is 1. The van der Waals surface area contributed by atoms with E-state index in [9.17, 15) is 4.79 Å². The van der Waals surface area contributed by atoms with Gasteiger partial charge in [0, 0.05) is 31.9 Å². The SMILES string of the molecule is C=NC(=CN(C)C(=O)N(C)C1CCCCC1)c1ccc(OC)cc1. The molecule has 1 saturated carbocycles. The van der Waals surface area contributed by atoms with Crippen LogP contribution in [-0.2, 0) is 0 Å². The Labute approximate surface area is 144 Å². The number of aliphatic imine (C=N–C) groups is 1. The summed E-state index contributed by atoms with van der Waals surface area (Å²) in [5.74, 6) is 0.781. The van der Waals surface area contributed by atoms with E-state index in [1.807, 2.05) is 36.2 Å². The van der Waals surface area contributed by atoms with Crippen LogP contribution in [0.4, 0.5) is 4.79 Å². The molecular formula is C19H27N3O2. The molecule has 0 unspecified atom stereocenters. The monoisotopic (exact) mass is 329 g/mol. The Morgan fingerprint density at radius 2 is 1.83 bits per heavy atom. The van der Waals surface area contributed by atoms with E-state index >= 15 is 0 Å². The predicted octanol–water partition coefficient (Wildman–Crippen LogP) is 4.01. The zero-order valence-electron chi connectivity index (χ0n) is 14.9. The van der Waals surface area contributed by atoms with Crippen molar-refractivity contribution in [1.82, 2.24) is 9.80 Å². The second-order valence-corrected chi connectivity index (χ2v) is 6.20. The molecule has 0 saturated heterocycles. The van der Waals surface area contributed by atoms with Gasteiger partial charge >= 0.3 is 6.03 Å². The molecular weight excluding hydrogens is 302 g/mol. The molecule has 1 aromatic carbocycles. The Morgan fingerprint density at radius 3 is 2.38 bits per heavy atom. The molecule has 0 atom stereocenters. The van der Waals surface area contributed by atoms with Crippen molar-refractivity contribution in [2.75, 3.05) is 21.2 Å². The van der Waals surface area contributed by atoms with Gasteiger partial charge in [0.1, 0.15) is 5.75 Å². The van der Waals surface area contributed by atoms with Gasteiger partial charge in [-0.15, -0.1) is 0 Å². The van der Waals surface area contributed by atoms with Crippen molar-refractivity contribution in [3.8, 4) is 5.75 Å². The van der Waals surface area contributed by atoms with Crippen LogP contribution in [0.15, 0.2) is 35.5 Å². The maximum atomic E-state index is 12.7. The highest BCUT2D eigenvalue weighted by Gasteiger charge is 2.23. The van der Waals surface area contributed by atoms with Crippen molar-refractivity contribution in [1.29, 1.82) is 0 Å². The summed E-state index contributed by atoms with van der Waals surface area (Å²) in [6, 6.07) is 7.86. The molecule has 1 fully saturated rings. The molecule has 5 nitrogen and oxygen atoms in total. The molecule has 0 aromatic heterocycles. The summed E-state index contributed by atoms with van der Waals surface area (Å²) in [5, 5.41) is 0. The molecule has 2 amide bonds. The van der Waals surface area contributed by atoms with E-state index in [1.54, 1.807) is 25.3 Å². The third-order valence-electron chi connectivity index (χ3n) is 4.60. The van der Waals surface area contributed by atoms with Crippen molar-refractivity contribution in [2.24, 2.45) is 4.99 Å². The van der Waals surface area contributed by atoms with E-state index in [4.69, 9.17) is 4.74 Å². The number of ether oxygens (including phenoxy) is 1. The summed E-state index contributed by atoms with van der Waals surface area (Å²) in [5.41, 5.74) is 1.55. The molecule has 1 aromatic rings. The molecule has 0 bridgehead atoms. The number of benzene rings is 1. The lowest BCUT2D eigenvalue weighted by molar-refractivity contribution is 0.154. The first-order valence-corrected chi connectivity index (χ1v) is 8.39. The van der Waals surface area contributed by atoms with Gasteiger partial charge in [0.2, 0.25) is 0 Å². The Hall–Kier alpha value is -2.30. The molecule has 0 radical (unpaired) electrons. The van der Waals surface area contributed by atoms with Crippen LogP contribution in [0.25, 0.3) is 5.70 Å². The highest BCUT2D eigenvalue weighted by molar-refractivity contribution is 5.78. The zero-order chi connectivity index (χ0) is 17.5. The Balaban J connectivity index is 2.10. The molecule has 2 rings (SSSR count). The number of rotatable bonds is 5. The van der Waals surface area contributed by atoms with Gasteiger partial charge in [0.15, 0.2) is 0 Å². The Morgan fingerprint density at radius 1 is 1.21 bits per heavy atom. The minimum absolute atomic E-state index is 0.0171. The number of carbonyl (C=O) groups excluding carboxylic acids is 1. The fourth-order valence-corrected chi connectivity index (χ4v) is 3.08. The first-order chi connectivity index (χ1) is 11.6. The average Bonchev–Trinajstić information content (AvgIpc) is 2.65. The summed E-state index contributed by atoms with van der Waals surface area (Å²) in [4.78, 5) is 20.2. The van der Waals surface area contributed by atoms with Gasteiger partial charge in [-0.2, -0.15) is 0 Å². The summed E-state index contributed by atoms with van der Waals surface area (Å²) in [6.45, 7) is 3.63. The van der Waals surface area contributed by atoms with Gasteiger partial charge in [0.05, 0.1) is 12.8 Å². The summed E-state index contributed by atoms with van der Waals surface area (Å²) >= 11 is 0. The molecule has 5 heteroatoms. The van der Waals surface area contributed by atoms with Crippen molar-refractivity contribution < 1.29 is 9.53 Å². The number of carbonyl (C=O) groups is 1. The van der Waals surface area contributed by atoms with E-state index in [-0.39, 0.29) is 6.03 Å². The van der Waals surface area contributed by atoms with Crippen LogP contribution in [0, 0.1) is 0 Å². The topological polar surface area (TPSA) is 45.1 Å². The van der Waals surface area contributed by atoms with Gasteiger partial charge < -0.3 is 14.5 Å². The third kappa shape index (κ3) is 4.37. The third-order valence-corrected chi connectivity index (χ3v) is 4.60. The van der Waals surface area contributed by atoms with Crippen LogP contribution in [0.3, 0.4) is 0 Å². The number of hydrogen-bond acceptors (Lipinski definition) is 3. The summed E-state index contributed by atoms with van der Waals surface area (Å²) < 4.78 is 5.16. The molecule has 1 aliphatic rings. The maximum Gasteiger partial charge on any atom is 0.323 e. The lowest BCUT2D eigenvalue weighted by Crippen LogP contribution is -2.43. The molecule has 24 heavy (non-hydrogen) atoms. The van der Waals surface area contributed by atoms with Gasteiger partial charge in [-0.05, 0) is 43.8 Å². The van der Waals surface area contributed by atoms with Crippen LogP contribution in [0.2, 0.25) is 0 Å². The lowest BCUT2D eigenvalue weighted by Gasteiger charge is -2.33. The first kappa shape index (κ1) is 18.0. The van der Waals surface area contributed by atoms with E-state index in [2.05, 4.69) is 11.7 Å². The number of urea groups is 1. The first-order valence-electron chi connectivity index (χ1n) is 8.39. The Bertz CT molecular complexity index is 589. The second-order valence-electron chi connectivity index (χ2n) is 6.20. The second kappa shape index (κ2) is 8.52. The van der Waals surface area contributed by atoms with Crippen LogP contribution < -0.4 is 4.74 Å². The summed E-state index contributed by atoms with van der Waals surface area (Å²) in [6.07, 6.45) is 7.59. The quantitative estimate of drug-likeness (QED) is 0.766. The van der Waals surface area contributed by atoms with Crippen molar-refractivity contribution in [3.05, 3.63) is 36.0 Å². The molecule has 130 valence electrons. The van der Waals surface area contributed by atoms with Crippen LogP contribution in [-0.4, -0.2) is 49.8 Å². The van der Waals surface area contributed by atoms with Crippen molar-refractivity contribution in [3.63, 3.8) is 0 Å². The predicted molar refractivity (Wildman–Crippen MR) is 98.3 cm³/mol. The van der Waals surface area contributed by atoms with Crippen molar-refractivity contribution >= 4 is 18.4 Å². The molecule has 1 aliphatic carbocycles. The zero-order valence-corrected chi connectivity index (χ0v) is 14.9. The standard InChI is InChI=1S/C19H27N3O2/c1-20-18(15-10-12-17(24-4)13-11-15)14-21(2)19(23)22(3)16-8-6-5-7-9-16/h10-14,16H,1,5-9H2,2-4H3. The smallest absolute Gasteiger partial charge is 0.323 e. The van der Waals surface area contributed by atoms with Gasteiger partial charge in [-0.1, -0.05) is 19.3 Å². The van der Waals surface area contributed by atoms with Gasteiger partial charge in [-0.3, -0.25) is 4.99 Å². The number of hydrogen-bond donors (Lipinski definition) is 0. The Kier molecular flexibility index (Phi) is 6.41. The van der Waals surface area contributed by atoms with E-state index in [0.717, 1.165) is 24.2 Å². The minimum Gasteiger partial charge on any atom is -0.497 e. The van der Waals surface area contributed by atoms with Crippen LogP contribution in [0.5, 0.6) is 5.75 Å². The van der Waals surface area contributed by atoms with E-state index in [1.165, 1.54) is 19.3 Å². The number of nitrogens with zero attached hydrogens (tertiary/aromatic N) is 3. The summed E-state index contributed by atoms with van der Waals surface area (Å²) in [7, 11) is 5.28.